The monoisotopic (exact) mass is 335 g/mol. The van der Waals surface area contributed by atoms with E-state index in [9.17, 15) is 0 Å². The van der Waals surface area contributed by atoms with E-state index in [2.05, 4.69) is 47.3 Å². The third-order valence-electron chi connectivity index (χ3n) is 4.50. The van der Waals surface area contributed by atoms with E-state index in [1.165, 1.54) is 24.7 Å². The molecule has 4 rings (SSSR count). The Morgan fingerprint density at radius 1 is 0.800 bits per heavy atom. The smallest absolute Gasteiger partial charge is 0.165 e. The number of nitrogens with two attached hydrogens (primary N) is 1. The molecule has 7 heteroatoms. The van der Waals surface area contributed by atoms with Crippen LogP contribution in [0.15, 0.2) is 43.2 Å². The summed E-state index contributed by atoms with van der Waals surface area (Å²) in [6.07, 6.45) is 9.84. The summed E-state index contributed by atoms with van der Waals surface area (Å²) in [4.78, 5) is 17.0. The van der Waals surface area contributed by atoms with Gasteiger partial charge in [0, 0.05) is 13.1 Å². The molecule has 0 atom stereocenters. The molecule has 3 heterocycles. The van der Waals surface area contributed by atoms with Gasteiger partial charge in [-0.05, 0) is 25.0 Å². The zero-order valence-corrected chi connectivity index (χ0v) is 14.0. The number of para-hydroxylation sites is 2. The first kappa shape index (κ1) is 15.6. The fourth-order valence-electron chi connectivity index (χ4n) is 3.17. The minimum Gasteiger partial charge on any atom is -0.382 e. The lowest BCUT2D eigenvalue weighted by Gasteiger charge is -2.06. The Hall–Kier alpha value is -2.96. The maximum Gasteiger partial charge on any atom is 0.165 e. The van der Waals surface area contributed by atoms with E-state index < -0.39 is 0 Å². The van der Waals surface area contributed by atoms with Crippen molar-refractivity contribution >= 4 is 28.0 Å². The Kier molecular flexibility index (Phi) is 4.28. The van der Waals surface area contributed by atoms with Crippen LogP contribution >= 0.6 is 0 Å². The van der Waals surface area contributed by atoms with Gasteiger partial charge in [0.1, 0.15) is 11.8 Å². The third-order valence-corrected chi connectivity index (χ3v) is 4.50. The van der Waals surface area contributed by atoms with E-state index in [0.29, 0.717) is 11.3 Å². The van der Waals surface area contributed by atoms with E-state index in [-0.39, 0.29) is 0 Å². The van der Waals surface area contributed by atoms with Crippen LogP contribution < -0.4 is 5.73 Å². The summed E-state index contributed by atoms with van der Waals surface area (Å²) in [5, 5.41) is 0. The molecule has 2 N–H and O–H groups in total. The highest BCUT2D eigenvalue weighted by Gasteiger charge is 2.07. The van der Waals surface area contributed by atoms with Crippen molar-refractivity contribution in [3.63, 3.8) is 0 Å². The van der Waals surface area contributed by atoms with Gasteiger partial charge in [-0.15, -0.1) is 0 Å². The molecule has 7 nitrogen and oxygen atoms in total. The molecular weight excluding hydrogens is 314 g/mol. The van der Waals surface area contributed by atoms with Gasteiger partial charge in [-0.25, -0.2) is 19.9 Å². The van der Waals surface area contributed by atoms with Crippen molar-refractivity contribution in [3.8, 4) is 0 Å². The van der Waals surface area contributed by atoms with Crippen LogP contribution in [-0.2, 0) is 13.1 Å². The highest BCUT2D eigenvalue weighted by molar-refractivity contribution is 5.81. The van der Waals surface area contributed by atoms with Crippen molar-refractivity contribution in [2.75, 3.05) is 5.73 Å². The predicted octanol–water partition coefficient (Wildman–Crippen LogP) is 3.02. The molecule has 0 radical (unpaired) electrons. The summed E-state index contributed by atoms with van der Waals surface area (Å²) in [5.74, 6) is 0.441. The van der Waals surface area contributed by atoms with Crippen LogP contribution in [0.2, 0.25) is 0 Å². The fourth-order valence-corrected chi connectivity index (χ4v) is 3.17. The van der Waals surface area contributed by atoms with Gasteiger partial charge in [-0.3, -0.25) is 0 Å². The van der Waals surface area contributed by atoms with Gasteiger partial charge >= 0.3 is 0 Å². The molecule has 3 aromatic heterocycles. The number of aryl methyl sites for hydroxylation is 2. The predicted molar refractivity (Wildman–Crippen MR) is 97.9 cm³/mol. The van der Waals surface area contributed by atoms with Crippen LogP contribution in [0.3, 0.4) is 0 Å². The molecule has 0 aliphatic heterocycles. The Balaban J connectivity index is 1.25. The van der Waals surface area contributed by atoms with Gasteiger partial charge in [0.2, 0.25) is 0 Å². The first-order valence-corrected chi connectivity index (χ1v) is 8.64. The molecule has 0 unspecified atom stereocenters. The number of aromatic nitrogens is 6. The van der Waals surface area contributed by atoms with Gasteiger partial charge in [-0.2, -0.15) is 0 Å². The van der Waals surface area contributed by atoms with Crippen LogP contribution in [0.25, 0.3) is 22.2 Å². The normalized spacial score (nSPS) is 11.5. The molecule has 128 valence electrons. The quantitative estimate of drug-likeness (QED) is 0.525. The number of nitrogens with zero attached hydrogens (tertiary/aromatic N) is 6. The van der Waals surface area contributed by atoms with Gasteiger partial charge in [-0.1, -0.05) is 25.0 Å². The average Bonchev–Trinajstić information content (AvgIpc) is 3.23. The molecule has 0 aliphatic rings. The van der Waals surface area contributed by atoms with Gasteiger partial charge < -0.3 is 14.9 Å². The second-order valence-corrected chi connectivity index (χ2v) is 6.21. The van der Waals surface area contributed by atoms with Gasteiger partial charge in [0.25, 0.3) is 0 Å². The van der Waals surface area contributed by atoms with Crippen molar-refractivity contribution in [2.45, 2.75) is 38.8 Å². The van der Waals surface area contributed by atoms with E-state index >= 15 is 0 Å². The SMILES string of the molecule is Nc1ncnc2c1ncn2CCCCCCn1cnc2ccccc21. The molecule has 0 aliphatic carbocycles. The Labute approximate surface area is 145 Å². The summed E-state index contributed by atoms with van der Waals surface area (Å²) >= 11 is 0. The molecule has 0 spiro atoms. The summed E-state index contributed by atoms with van der Waals surface area (Å²) in [5.41, 5.74) is 9.60. The van der Waals surface area contributed by atoms with E-state index in [1.54, 1.807) is 6.33 Å². The lowest BCUT2D eigenvalue weighted by Crippen LogP contribution is -2.00. The van der Waals surface area contributed by atoms with Crippen LogP contribution in [0.5, 0.6) is 0 Å². The zero-order valence-electron chi connectivity index (χ0n) is 14.0. The van der Waals surface area contributed by atoms with Gasteiger partial charge in [0.05, 0.1) is 23.7 Å². The van der Waals surface area contributed by atoms with Crippen molar-refractivity contribution in [3.05, 3.63) is 43.2 Å². The standard InChI is InChI=1S/C18H21N7/c19-17-16-18(21-11-20-17)25(13-23-16)10-6-2-1-5-9-24-12-22-14-7-3-4-8-15(14)24/h3-4,7-8,11-13H,1-2,5-6,9-10H2,(H2,19,20,21). The lowest BCUT2D eigenvalue weighted by atomic mass is 10.2. The third kappa shape index (κ3) is 3.17. The summed E-state index contributed by atoms with van der Waals surface area (Å²) in [6, 6.07) is 8.27. The minimum atomic E-state index is 0.441. The van der Waals surface area contributed by atoms with Crippen LogP contribution in [0.1, 0.15) is 25.7 Å². The minimum absolute atomic E-state index is 0.441. The van der Waals surface area contributed by atoms with Crippen molar-refractivity contribution < 1.29 is 0 Å². The summed E-state index contributed by atoms with van der Waals surface area (Å²) < 4.78 is 4.29. The average molecular weight is 335 g/mol. The number of imidazole rings is 2. The Morgan fingerprint density at radius 3 is 2.44 bits per heavy atom. The topological polar surface area (TPSA) is 87.4 Å². The van der Waals surface area contributed by atoms with Crippen LogP contribution in [0.4, 0.5) is 5.82 Å². The molecule has 0 bridgehead atoms. The maximum absolute atomic E-state index is 5.82. The number of rotatable bonds is 7. The first-order valence-electron chi connectivity index (χ1n) is 8.64. The van der Waals surface area contributed by atoms with Crippen molar-refractivity contribution in [1.82, 2.24) is 29.1 Å². The van der Waals surface area contributed by atoms with Crippen molar-refractivity contribution in [1.29, 1.82) is 0 Å². The summed E-state index contributed by atoms with van der Waals surface area (Å²) in [7, 11) is 0. The molecule has 0 saturated carbocycles. The molecule has 0 fully saturated rings. The fraction of sp³-hybridized carbons (Fsp3) is 0.333. The first-order chi connectivity index (χ1) is 12.3. The highest BCUT2D eigenvalue weighted by Crippen LogP contribution is 2.16. The second-order valence-electron chi connectivity index (χ2n) is 6.21. The largest absolute Gasteiger partial charge is 0.382 e. The highest BCUT2D eigenvalue weighted by atomic mass is 15.1. The molecule has 25 heavy (non-hydrogen) atoms. The van der Waals surface area contributed by atoms with Crippen molar-refractivity contribution in [2.24, 2.45) is 0 Å². The number of nitrogen functional groups attached to an aromatic ring is 1. The van der Waals surface area contributed by atoms with Crippen LogP contribution in [0, 0.1) is 0 Å². The zero-order chi connectivity index (χ0) is 17.1. The molecule has 0 amide bonds. The number of anilines is 1. The number of hydrogen-bond acceptors (Lipinski definition) is 5. The number of fused-ring (bicyclic) bond motifs is 2. The van der Waals surface area contributed by atoms with E-state index in [1.807, 2.05) is 12.4 Å². The molecule has 4 aromatic rings. The molecule has 1 aromatic carbocycles. The summed E-state index contributed by atoms with van der Waals surface area (Å²) in [6.45, 7) is 1.92. The molecule has 0 saturated heterocycles. The Morgan fingerprint density at radius 2 is 1.56 bits per heavy atom. The Bertz CT molecular complexity index is 985. The van der Waals surface area contributed by atoms with E-state index in [0.717, 1.165) is 37.1 Å². The number of benzene rings is 1. The number of hydrogen-bond donors (Lipinski definition) is 1. The van der Waals surface area contributed by atoms with Gasteiger partial charge in [0.15, 0.2) is 11.5 Å². The van der Waals surface area contributed by atoms with Crippen LogP contribution in [-0.4, -0.2) is 29.1 Å². The second kappa shape index (κ2) is 6.88. The molecular formula is C18H21N7. The maximum atomic E-state index is 5.82. The van der Waals surface area contributed by atoms with E-state index in [4.69, 9.17) is 5.73 Å². The lowest BCUT2D eigenvalue weighted by molar-refractivity contribution is 0.547. The number of unbranched alkanes of at least 4 members (excludes halogenated alkanes) is 3.